The van der Waals surface area contributed by atoms with E-state index in [0.717, 1.165) is 5.69 Å². The van der Waals surface area contributed by atoms with Crippen LogP contribution in [0.25, 0.3) is 0 Å². The van der Waals surface area contributed by atoms with Crippen LogP contribution in [-0.4, -0.2) is 35.3 Å². The molecule has 0 saturated carbocycles. The van der Waals surface area contributed by atoms with Crippen LogP contribution in [0.5, 0.6) is 0 Å². The number of hydrogen-bond donors (Lipinski definition) is 0. The van der Waals surface area contributed by atoms with Crippen molar-refractivity contribution in [3.8, 4) is 0 Å². The van der Waals surface area contributed by atoms with Gasteiger partial charge >= 0.3 is 6.43 Å². The fourth-order valence-corrected chi connectivity index (χ4v) is 2.15. The quantitative estimate of drug-likeness (QED) is 0.792. The third-order valence-electron chi connectivity index (χ3n) is 3.10. The van der Waals surface area contributed by atoms with E-state index >= 15 is 0 Å². The van der Waals surface area contributed by atoms with Crippen LogP contribution in [0.1, 0.15) is 24.5 Å². The lowest BCUT2D eigenvalue weighted by Crippen LogP contribution is -2.41. The molecule has 0 aromatic carbocycles. The van der Waals surface area contributed by atoms with Crippen molar-refractivity contribution in [3.05, 3.63) is 30.1 Å². The van der Waals surface area contributed by atoms with Gasteiger partial charge in [-0.15, -0.1) is 0 Å². The largest absolute Gasteiger partial charge is 0.338 e. The number of pyridine rings is 1. The normalized spacial score (nSPS) is 17.5. The summed E-state index contributed by atoms with van der Waals surface area (Å²) in [6.45, 7) is 0.787. The molecule has 0 atom stereocenters. The molecule has 2 heterocycles. The van der Waals surface area contributed by atoms with Crippen molar-refractivity contribution in [3.63, 3.8) is 0 Å². The Bertz CT molecular complexity index is 375. The Morgan fingerprint density at radius 2 is 2.06 bits per heavy atom. The molecule has 0 aliphatic carbocycles. The van der Waals surface area contributed by atoms with Crippen LogP contribution >= 0.6 is 0 Å². The first-order valence-electron chi connectivity index (χ1n) is 5.66. The second-order valence-corrected chi connectivity index (χ2v) is 4.15. The molecule has 1 aromatic rings. The van der Waals surface area contributed by atoms with E-state index in [4.69, 9.17) is 0 Å². The molecule has 17 heavy (non-hydrogen) atoms. The molecule has 92 valence electrons. The third kappa shape index (κ3) is 2.78. The van der Waals surface area contributed by atoms with Gasteiger partial charge in [0, 0.05) is 30.9 Å². The van der Waals surface area contributed by atoms with Gasteiger partial charge in [-0.25, -0.2) is 0 Å². The van der Waals surface area contributed by atoms with E-state index < -0.39 is 12.3 Å². The van der Waals surface area contributed by atoms with E-state index in [2.05, 4.69) is 4.98 Å². The fraction of sp³-hybridized carbons (Fsp3) is 0.500. The Balaban J connectivity index is 1.93. The smallest absolute Gasteiger partial charge is 0.315 e. The van der Waals surface area contributed by atoms with Crippen molar-refractivity contribution in [2.45, 2.75) is 25.2 Å². The summed E-state index contributed by atoms with van der Waals surface area (Å²) >= 11 is 0. The van der Waals surface area contributed by atoms with Gasteiger partial charge in [0.1, 0.15) is 0 Å². The number of carbonyl (C=O) groups excluding carboxylic acids is 1. The highest BCUT2D eigenvalue weighted by Crippen LogP contribution is 2.26. The van der Waals surface area contributed by atoms with Crippen LogP contribution in [0, 0.1) is 0 Å². The summed E-state index contributed by atoms with van der Waals surface area (Å²) < 4.78 is 24.5. The van der Waals surface area contributed by atoms with E-state index in [0.29, 0.717) is 25.9 Å². The number of amides is 1. The molecule has 1 saturated heterocycles. The SMILES string of the molecule is O=C(C(F)F)N1CCC(c2ccccn2)CC1. The van der Waals surface area contributed by atoms with Gasteiger partial charge in [0.15, 0.2) is 0 Å². The Hall–Kier alpha value is -1.52. The highest BCUT2D eigenvalue weighted by molar-refractivity contribution is 5.79. The van der Waals surface area contributed by atoms with Gasteiger partial charge in [-0.3, -0.25) is 9.78 Å². The van der Waals surface area contributed by atoms with Crippen molar-refractivity contribution < 1.29 is 13.6 Å². The summed E-state index contributed by atoms with van der Waals surface area (Å²) in [5.74, 6) is -0.776. The molecule has 0 spiro atoms. The molecule has 0 unspecified atom stereocenters. The van der Waals surface area contributed by atoms with Crippen LogP contribution < -0.4 is 0 Å². The van der Waals surface area contributed by atoms with E-state index in [1.807, 2.05) is 18.2 Å². The van der Waals surface area contributed by atoms with E-state index in [1.165, 1.54) is 4.90 Å². The third-order valence-corrected chi connectivity index (χ3v) is 3.10. The van der Waals surface area contributed by atoms with E-state index in [9.17, 15) is 13.6 Å². The molecule has 1 aromatic heterocycles. The first-order chi connectivity index (χ1) is 8.18. The zero-order valence-electron chi connectivity index (χ0n) is 9.35. The minimum Gasteiger partial charge on any atom is -0.338 e. The van der Waals surface area contributed by atoms with Gasteiger partial charge in [-0.1, -0.05) is 6.07 Å². The van der Waals surface area contributed by atoms with Gasteiger partial charge in [0.2, 0.25) is 0 Å². The summed E-state index contributed by atoms with van der Waals surface area (Å²) in [4.78, 5) is 16.6. The van der Waals surface area contributed by atoms with Crippen molar-refractivity contribution in [1.82, 2.24) is 9.88 Å². The number of piperidine rings is 1. The molecule has 1 aliphatic heterocycles. The molecule has 1 fully saturated rings. The number of halogens is 2. The minimum absolute atomic E-state index is 0.276. The molecule has 5 heteroatoms. The number of rotatable bonds is 2. The molecule has 0 N–H and O–H groups in total. The van der Waals surface area contributed by atoms with Gasteiger partial charge in [0.25, 0.3) is 5.91 Å². The lowest BCUT2D eigenvalue weighted by atomic mass is 9.93. The lowest BCUT2D eigenvalue weighted by molar-refractivity contribution is -0.143. The first-order valence-corrected chi connectivity index (χ1v) is 5.66. The highest BCUT2D eigenvalue weighted by atomic mass is 19.3. The predicted octanol–water partition coefficient (Wildman–Crippen LogP) is 2.05. The standard InChI is InChI=1S/C12H14F2N2O/c13-11(14)12(17)16-7-4-9(5-8-16)10-3-1-2-6-15-10/h1-3,6,9,11H,4-5,7-8H2. The second kappa shape index (κ2) is 5.21. The maximum atomic E-state index is 12.2. The Labute approximate surface area is 98.5 Å². The van der Waals surface area contributed by atoms with E-state index in [-0.39, 0.29) is 5.92 Å². The highest BCUT2D eigenvalue weighted by Gasteiger charge is 2.28. The maximum absolute atomic E-state index is 12.2. The molecule has 1 amide bonds. The van der Waals surface area contributed by atoms with Crippen molar-refractivity contribution in [1.29, 1.82) is 0 Å². The molecular weight excluding hydrogens is 226 g/mol. The van der Waals surface area contributed by atoms with Crippen LogP contribution in [-0.2, 0) is 4.79 Å². The van der Waals surface area contributed by atoms with E-state index in [1.54, 1.807) is 6.20 Å². The molecule has 0 radical (unpaired) electrons. The summed E-state index contributed by atoms with van der Waals surface area (Å²) in [5, 5.41) is 0. The number of carbonyl (C=O) groups is 1. The Morgan fingerprint density at radius 3 is 2.59 bits per heavy atom. The van der Waals surface area contributed by atoms with Crippen molar-refractivity contribution >= 4 is 5.91 Å². The topological polar surface area (TPSA) is 33.2 Å². The monoisotopic (exact) mass is 240 g/mol. The zero-order valence-corrected chi connectivity index (χ0v) is 9.35. The average Bonchev–Trinajstić information content (AvgIpc) is 2.39. The van der Waals surface area contributed by atoms with Gasteiger partial charge in [-0.2, -0.15) is 8.78 Å². The van der Waals surface area contributed by atoms with Gasteiger partial charge in [0.05, 0.1) is 0 Å². The van der Waals surface area contributed by atoms with Crippen LogP contribution in [0.15, 0.2) is 24.4 Å². The molecule has 0 bridgehead atoms. The number of likely N-dealkylation sites (tertiary alicyclic amines) is 1. The van der Waals surface area contributed by atoms with Crippen molar-refractivity contribution in [2.24, 2.45) is 0 Å². The fourth-order valence-electron chi connectivity index (χ4n) is 2.15. The predicted molar refractivity (Wildman–Crippen MR) is 58.8 cm³/mol. The molecular formula is C12H14F2N2O. The second-order valence-electron chi connectivity index (χ2n) is 4.15. The van der Waals surface area contributed by atoms with Gasteiger partial charge in [-0.05, 0) is 25.0 Å². The van der Waals surface area contributed by atoms with Crippen LogP contribution in [0.3, 0.4) is 0 Å². The van der Waals surface area contributed by atoms with Crippen LogP contribution in [0.4, 0.5) is 8.78 Å². The number of alkyl halides is 2. The summed E-state index contributed by atoms with van der Waals surface area (Å²) in [6, 6.07) is 5.70. The number of hydrogen-bond acceptors (Lipinski definition) is 2. The Morgan fingerprint density at radius 1 is 1.35 bits per heavy atom. The Kier molecular flexibility index (Phi) is 3.66. The lowest BCUT2D eigenvalue weighted by Gasteiger charge is -2.31. The molecule has 3 nitrogen and oxygen atoms in total. The number of nitrogens with zero attached hydrogens (tertiary/aromatic N) is 2. The van der Waals surface area contributed by atoms with Crippen molar-refractivity contribution in [2.75, 3.05) is 13.1 Å². The summed E-state index contributed by atoms with van der Waals surface area (Å²) in [5.41, 5.74) is 0.983. The van der Waals surface area contributed by atoms with Gasteiger partial charge < -0.3 is 4.90 Å². The first kappa shape index (κ1) is 12.0. The molecule has 1 aliphatic rings. The maximum Gasteiger partial charge on any atom is 0.315 e. The average molecular weight is 240 g/mol. The minimum atomic E-state index is -2.89. The number of aromatic nitrogens is 1. The summed E-state index contributed by atoms with van der Waals surface area (Å²) in [7, 11) is 0. The summed E-state index contributed by atoms with van der Waals surface area (Å²) in [6.07, 6.45) is 0.248. The molecule has 2 rings (SSSR count). The van der Waals surface area contributed by atoms with Crippen LogP contribution in [0.2, 0.25) is 0 Å². The zero-order chi connectivity index (χ0) is 12.3.